The van der Waals surface area contributed by atoms with Crippen LogP contribution in [0.3, 0.4) is 0 Å². The first-order chi connectivity index (χ1) is 13.2. The van der Waals surface area contributed by atoms with E-state index in [9.17, 15) is 19.2 Å². The van der Waals surface area contributed by atoms with Gasteiger partial charge in [-0.25, -0.2) is 0 Å². The average molecular weight is 505 g/mol. The van der Waals surface area contributed by atoms with Crippen molar-refractivity contribution in [2.45, 2.75) is 82.1 Å². The quantitative estimate of drug-likeness (QED) is 0.227. The molecule has 0 heterocycles. The van der Waals surface area contributed by atoms with E-state index in [4.69, 9.17) is 11.6 Å². The van der Waals surface area contributed by atoms with E-state index >= 15 is 0 Å². The summed E-state index contributed by atoms with van der Waals surface area (Å²) >= 11 is 10.3. The Kier molecular flexibility index (Phi) is 29.4. The zero-order valence-electron chi connectivity index (χ0n) is 18.9. The molecule has 0 spiro atoms. The lowest BCUT2D eigenvalue weighted by molar-refractivity contribution is -0.141. The van der Waals surface area contributed by atoms with Gasteiger partial charge in [0.05, 0.1) is 27.1 Å². The molecule has 0 saturated carbocycles. The number of thioether (sulfide) groups is 1. The van der Waals surface area contributed by atoms with Crippen LogP contribution in [0.15, 0.2) is 0 Å². The zero-order chi connectivity index (χ0) is 23.7. The maximum absolute atomic E-state index is 11.6. The van der Waals surface area contributed by atoms with Crippen LogP contribution in [0.4, 0.5) is 0 Å². The number of hydrogen-bond acceptors (Lipinski definition) is 8. The Bertz CT molecular complexity index is 508. The summed E-state index contributed by atoms with van der Waals surface area (Å²) in [6.45, 7) is 11.4. The summed E-state index contributed by atoms with van der Waals surface area (Å²) in [5, 5.41) is -0.107. The fraction of sp³-hybridized carbons (Fsp3) is 0.818. The predicted octanol–water partition coefficient (Wildman–Crippen LogP) is 6.19. The Balaban J connectivity index is -0.000000114. The van der Waals surface area contributed by atoms with Gasteiger partial charge in [0.15, 0.2) is 5.12 Å². The van der Waals surface area contributed by atoms with Crippen LogP contribution in [0.1, 0.15) is 82.1 Å². The van der Waals surface area contributed by atoms with E-state index < -0.39 is 0 Å². The highest BCUT2D eigenvalue weighted by Crippen LogP contribution is 2.27. The van der Waals surface area contributed by atoms with Crippen molar-refractivity contribution >= 4 is 58.3 Å². The lowest BCUT2D eigenvalue weighted by Crippen LogP contribution is -2.20. The standard InChI is InChI=1S/C10H18O3S.C6H11ClO.C4H8O2S.2CH4/c1-5-10(2,3)9(12)14-7-6-8(11)13-4;1-4-6(2,3)5(7)8;1-6-4(5)2-3-7;;/h5-7H2,1-4H3;4H2,1-3H3;7H,2-3H2,1H3;2*1H4. The second-order valence-corrected chi connectivity index (χ2v) is 9.12. The van der Waals surface area contributed by atoms with Gasteiger partial charge < -0.3 is 9.47 Å². The highest BCUT2D eigenvalue weighted by Gasteiger charge is 2.25. The molecular formula is C22H45ClO6S2. The van der Waals surface area contributed by atoms with Crippen LogP contribution in [-0.2, 0) is 28.7 Å². The molecule has 0 amide bonds. The summed E-state index contributed by atoms with van der Waals surface area (Å²) in [6, 6.07) is 0. The van der Waals surface area contributed by atoms with Gasteiger partial charge in [0, 0.05) is 22.3 Å². The number of halogens is 1. The Morgan fingerprint density at radius 1 is 0.839 bits per heavy atom. The molecule has 188 valence electrons. The van der Waals surface area contributed by atoms with Gasteiger partial charge in [0.25, 0.3) is 0 Å². The van der Waals surface area contributed by atoms with Gasteiger partial charge in [0.1, 0.15) is 0 Å². The van der Waals surface area contributed by atoms with Crippen molar-refractivity contribution < 1.29 is 28.7 Å². The maximum Gasteiger partial charge on any atom is 0.306 e. The molecule has 0 aliphatic rings. The van der Waals surface area contributed by atoms with Crippen molar-refractivity contribution in [3.8, 4) is 0 Å². The van der Waals surface area contributed by atoms with Gasteiger partial charge in [-0.1, -0.05) is 68.2 Å². The van der Waals surface area contributed by atoms with Crippen molar-refractivity contribution in [3.05, 3.63) is 0 Å². The molecule has 9 heteroatoms. The third-order valence-electron chi connectivity index (χ3n) is 4.16. The molecule has 0 aromatic rings. The Morgan fingerprint density at radius 2 is 1.23 bits per heavy atom. The molecule has 0 aliphatic heterocycles. The fourth-order valence-electron chi connectivity index (χ4n) is 1.00. The molecule has 0 aromatic heterocycles. The SMILES string of the molecule is C.C.CCC(C)(C)C(=O)Cl.CCC(C)(C)C(=O)SCCC(=O)OC.COC(=O)CCS. The molecule has 0 unspecified atom stereocenters. The van der Waals surface area contributed by atoms with Crippen LogP contribution in [-0.4, -0.2) is 48.0 Å². The summed E-state index contributed by atoms with van der Waals surface area (Å²) in [5.41, 5.74) is -0.623. The van der Waals surface area contributed by atoms with E-state index in [1.165, 1.54) is 26.0 Å². The second kappa shape index (κ2) is 22.5. The maximum atomic E-state index is 11.6. The molecule has 0 fully saturated rings. The first kappa shape index (κ1) is 40.6. The van der Waals surface area contributed by atoms with E-state index in [0.29, 0.717) is 24.3 Å². The van der Waals surface area contributed by atoms with Gasteiger partial charge in [0.2, 0.25) is 5.24 Å². The molecule has 6 nitrogen and oxygen atoms in total. The van der Waals surface area contributed by atoms with E-state index in [-0.39, 0.29) is 48.0 Å². The van der Waals surface area contributed by atoms with E-state index in [1.54, 1.807) is 0 Å². The lowest BCUT2D eigenvalue weighted by Gasteiger charge is -2.19. The number of carbonyl (C=O) groups excluding carboxylic acids is 4. The molecule has 0 radical (unpaired) electrons. The minimum atomic E-state index is -0.332. The number of carbonyl (C=O) groups is 4. The number of rotatable bonds is 9. The van der Waals surface area contributed by atoms with Gasteiger partial charge in [-0.15, -0.1) is 0 Å². The Hall–Kier alpha value is -0.730. The third-order valence-corrected chi connectivity index (χ3v) is 6.12. The molecule has 0 aromatic carbocycles. The molecule has 0 N–H and O–H groups in total. The largest absolute Gasteiger partial charge is 0.469 e. The Labute approximate surface area is 205 Å². The van der Waals surface area contributed by atoms with Crippen LogP contribution < -0.4 is 0 Å². The molecular weight excluding hydrogens is 460 g/mol. The van der Waals surface area contributed by atoms with Crippen LogP contribution >= 0.6 is 36.0 Å². The summed E-state index contributed by atoms with van der Waals surface area (Å²) in [5.74, 6) is 0.608. The van der Waals surface area contributed by atoms with Gasteiger partial charge >= 0.3 is 11.9 Å². The van der Waals surface area contributed by atoms with Crippen molar-refractivity contribution in [1.82, 2.24) is 0 Å². The molecule has 0 aliphatic carbocycles. The monoisotopic (exact) mass is 504 g/mol. The van der Waals surface area contributed by atoms with Gasteiger partial charge in [-0.2, -0.15) is 12.6 Å². The molecule has 0 saturated heterocycles. The van der Waals surface area contributed by atoms with E-state index in [0.717, 1.165) is 12.8 Å². The molecule has 0 bridgehead atoms. The fourth-order valence-corrected chi connectivity index (χ4v) is 2.31. The minimum Gasteiger partial charge on any atom is -0.469 e. The summed E-state index contributed by atoms with van der Waals surface area (Å²) in [7, 11) is 2.72. The second-order valence-electron chi connectivity index (χ2n) is 7.26. The first-order valence-electron chi connectivity index (χ1n) is 9.37. The topological polar surface area (TPSA) is 86.7 Å². The number of ether oxygens (including phenoxy) is 2. The lowest BCUT2D eigenvalue weighted by atomic mass is 9.92. The third kappa shape index (κ3) is 23.8. The zero-order valence-corrected chi connectivity index (χ0v) is 21.4. The van der Waals surface area contributed by atoms with Crippen LogP contribution in [0.25, 0.3) is 0 Å². The van der Waals surface area contributed by atoms with Crippen molar-refractivity contribution in [2.24, 2.45) is 10.8 Å². The number of thiol groups is 1. The summed E-state index contributed by atoms with van der Waals surface area (Å²) in [4.78, 5) is 42.9. The van der Waals surface area contributed by atoms with Crippen LogP contribution in [0, 0.1) is 10.8 Å². The molecule has 0 atom stereocenters. The highest BCUT2D eigenvalue weighted by atomic mass is 35.5. The first-order valence-corrected chi connectivity index (χ1v) is 11.4. The van der Waals surface area contributed by atoms with Crippen molar-refractivity contribution in [2.75, 3.05) is 25.7 Å². The van der Waals surface area contributed by atoms with Crippen LogP contribution in [0.5, 0.6) is 0 Å². The summed E-state index contributed by atoms with van der Waals surface area (Å²) in [6.07, 6.45) is 2.32. The molecule has 31 heavy (non-hydrogen) atoms. The smallest absolute Gasteiger partial charge is 0.306 e. The predicted molar refractivity (Wildman–Crippen MR) is 137 cm³/mol. The van der Waals surface area contributed by atoms with Crippen LogP contribution in [0.2, 0.25) is 0 Å². The van der Waals surface area contributed by atoms with Gasteiger partial charge in [-0.3, -0.25) is 19.2 Å². The van der Waals surface area contributed by atoms with E-state index in [1.807, 2.05) is 41.5 Å². The van der Waals surface area contributed by atoms with Crippen molar-refractivity contribution in [1.29, 1.82) is 0 Å². The normalized spacial score (nSPS) is 9.87. The highest BCUT2D eigenvalue weighted by molar-refractivity contribution is 8.13. The van der Waals surface area contributed by atoms with E-state index in [2.05, 4.69) is 22.1 Å². The van der Waals surface area contributed by atoms with Gasteiger partial charge in [-0.05, 0) is 24.4 Å². The number of methoxy groups -OCH3 is 2. The number of esters is 2. The molecule has 0 rings (SSSR count). The van der Waals surface area contributed by atoms with Crippen molar-refractivity contribution in [3.63, 3.8) is 0 Å². The average Bonchev–Trinajstić information content (AvgIpc) is 2.68. The summed E-state index contributed by atoms with van der Waals surface area (Å²) < 4.78 is 8.78. The number of hydrogen-bond donors (Lipinski definition) is 1. The minimum absolute atomic E-state index is 0. The Morgan fingerprint density at radius 3 is 1.45 bits per heavy atom.